The summed E-state index contributed by atoms with van der Waals surface area (Å²) in [5, 5.41) is 1.15. The lowest BCUT2D eigenvalue weighted by molar-refractivity contribution is -0.00696. The van der Waals surface area contributed by atoms with Gasteiger partial charge in [0.1, 0.15) is 44.4 Å². The first-order valence-corrected chi connectivity index (χ1v) is 12.3. The number of pyridine rings is 1. The van der Waals surface area contributed by atoms with E-state index in [2.05, 4.69) is 35.6 Å². The summed E-state index contributed by atoms with van der Waals surface area (Å²) < 4.78 is 66.1. The summed E-state index contributed by atoms with van der Waals surface area (Å²) in [6, 6.07) is 2.48. The topological polar surface area (TPSA) is 93.0 Å². The van der Waals surface area contributed by atoms with E-state index in [0.717, 1.165) is 6.07 Å². The fraction of sp³-hybridized carbons (Fsp3) is 0.650. The highest BCUT2D eigenvalue weighted by molar-refractivity contribution is 9.10. The van der Waals surface area contributed by atoms with Crippen LogP contribution in [0.4, 0.5) is 18.0 Å². The van der Waals surface area contributed by atoms with Gasteiger partial charge in [0.05, 0.1) is 15.0 Å². The number of hydrogen-bond acceptors (Lipinski definition) is 6. The van der Waals surface area contributed by atoms with Crippen molar-refractivity contribution in [2.75, 3.05) is 6.54 Å². The number of ether oxygens (including phenoxy) is 1. The molecule has 1 N–H and O–H groups in total. The molecule has 0 bridgehead atoms. The molecule has 3 heterocycles. The molecular weight excluding hydrogens is 513 g/mol. The van der Waals surface area contributed by atoms with Crippen LogP contribution in [0.1, 0.15) is 53.7 Å². The molecule has 178 valence electrons. The van der Waals surface area contributed by atoms with Crippen molar-refractivity contribution in [2.24, 2.45) is 9.36 Å². The van der Waals surface area contributed by atoms with Crippen molar-refractivity contribution in [3.8, 4) is 0 Å². The average molecular weight is 539 g/mol. The van der Waals surface area contributed by atoms with Gasteiger partial charge >= 0.3 is 6.09 Å². The molecule has 0 saturated carbocycles. The van der Waals surface area contributed by atoms with Crippen LogP contribution in [0, 0.1) is 5.82 Å². The summed E-state index contributed by atoms with van der Waals surface area (Å²) in [7, 11) is -3.48. The molecule has 0 saturated heterocycles. The third-order valence-corrected chi connectivity index (χ3v) is 9.55. The SMILES string of the molecule is CC(C)(C)OC(=O)NC1=N[C@](C)(c2nc(Br)ccc2F)[C@H]2CC(F)(F)CN=S2(=O)C1(C)C. The maximum atomic E-state index is 14.9. The number of alkyl halides is 2. The van der Waals surface area contributed by atoms with Crippen LogP contribution in [0.3, 0.4) is 0 Å². The Balaban J connectivity index is 2.26. The van der Waals surface area contributed by atoms with Crippen LogP contribution in [-0.4, -0.2) is 49.2 Å². The molecule has 2 aliphatic rings. The van der Waals surface area contributed by atoms with E-state index in [1.165, 1.54) is 26.8 Å². The van der Waals surface area contributed by atoms with E-state index in [9.17, 15) is 22.2 Å². The van der Waals surface area contributed by atoms with Crippen LogP contribution < -0.4 is 5.32 Å². The van der Waals surface area contributed by atoms with Gasteiger partial charge in [-0.2, -0.15) is 0 Å². The van der Waals surface area contributed by atoms with E-state index in [1.807, 2.05) is 0 Å². The van der Waals surface area contributed by atoms with Gasteiger partial charge in [-0.15, -0.1) is 0 Å². The Bertz CT molecular complexity index is 1110. The molecule has 2 aliphatic heterocycles. The van der Waals surface area contributed by atoms with Gasteiger partial charge in [-0.25, -0.2) is 31.5 Å². The second-order valence-corrected chi connectivity index (χ2v) is 13.4. The van der Waals surface area contributed by atoms with Gasteiger partial charge in [0.25, 0.3) is 5.92 Å². The Kier molecular flexibility index (Phi) is 5.99. The van der Waals surface area contributed by atoms with Crippen LogP contribution in [0.2, 0.25) is 0 Å². The van der Waals surface area contributed by atoms with E-state index >= 15 is 0 Å². The summed E-state index contributed by atoms with van der Waals surface area (Å²) in [5.41, 5.74) is -2.89. The monoisotopic (exact) mass is 538 g/mol. The van der Waals surface area contributed by atoms with Crippen LogP contribution in [0.5, 0.6) is 0 Å². The quantitative estimate of drug-likeness (QED) is 0.520. The number of alkyl carbamates (subject to hydrolysis) is 1. The zero-order valence-electron chi connectivity index (χ0n) is 18.6. The molecular formula is C20H26BrF3N4O3S. The number of fused-ring (bicyclic) bond motifs is 1. The number of rotatable bonds is 1. The number of amides is 1. The van der Waals surface area contributed by atoms with Crippen LogP contribution >= 0.6 is 15.9 Å². The molecule has 3 rings (SSSR count). The molecule has 12 heteroatoms. The summed E-state index contributed by atoms with van der Waals surface area (Å²) in [6.07, 6.45) is -1.68. The van der Waals surface area contributed by atoms with Gasteiger partial charge in [-0.05, 0) is 69.6 Å². The zero-order chi connectivity index (χ0) is 24.3. The number of hydrogen-bond donors (Lipinski definition) is 1. The fourth-order valence-electron chi connectivity index (χ4n) is 3.89. The molecule has 0 spiro atoms. The van der Waals surface area contributed by atoms with E-state index < -0.39 is 61.7 Å². The fourth-order valence-corrected chi connectivity index (χ4v) is 7.42. The van der Waals surface area contributed by atoms with Gasteiger partial charge in [0, 0.05) is 6.42 Å². The Hall–Kier alpha value is -1.69. The van der Waals surface area contributed by atoms with Gasteiger partial charge in [0.15, 0.2) is 0 Å². The molecule has 0 aromatic carbocycles. The lowest BCUT2D eigenvalue weighted by Gasteiger charge is -2.49. The highest BCUT2D eigenvalue weighted by Gasteiger charge is 2.61. The minimum Gasteiger partial charge on any atom is -0.444 e. The molecule has 1 amide bonds. The zero-order valence-corrected chi connectivity index (χ0v) is 21.0. The van der Waals surface area contributed by atoms with Gasteiger partial charge in [-0.3, -0.25) is 10.3 Å². The van der Waals surface area contributed by atoms with Crippen molar-refractivity contribution in [1.82, 2.24) is 10.3 Å². The smallest absolute Gasteiger partial charge is 0.413 e. The predicted molar refractivity (Wildman–Crippen MR) is 119 cm³/mol. The molecule has 0 fully saturated rings. The number of aliphatic imine (C=N–C) groups is 1. The number of aromatic nitrogens is 1. The van der Waals surface area contributed by atoms with E-state index in [0.29, 0.717) is 0 Å². The maximum absolute atomic E-state index is 14.9. The van der Waals surface area contributed by atoms with Crippen molar-refractivity contribution in [3.05, 3.63) is 28.2 Å². The Morgan fingerprint density at radius 1 is 1.28 bits per heavy atom. The van der Waals surface area contributed by atoms with E-state index in [4.69, 9.17) is 4.74 Å². The number of carbonyl (C=O) groups excluding carboxylic acids is 1. The minimum atomic E-state index is -3.48. The number of nitrogens with one attached hydrogen (secondary N) is 1. The standard InChI is InChI=1S/C20H26BrF3N4O3S/c1-17(2,3)31-16(29)27-15-18(4,5)32(30)12(9-20(23,24)10-25-32)19(6,28-15)14-11(22)7-8-13(21)26-14/h7-8,12H,9-10H2,1-6H3,(H,27,28,29)/t12-,19+,32?/m1/s1. The number of carbonyl (C=O) groups is 1. The number of amidine groups is 1. The summed E-state index contributed by atoms with van der Waals surface area (Å²) in [4.78, 5) is 21.1. The summed E-state index contributed by atoms with van der Waals surface area (Å²) in [5.74, 6) is -4.13. The lowest BCUT2D eigenvalue weighted by atomic mass is 9.88. The second kappa shape index (κ2) is 7.68. The van der Waals surface area contributed by atoms with Crippen molar-refractivity contribution in [1.29, 1.82) is 0 Å². The van der Waals surface area contributed by atoms with Gasteiger partial charge in [0.2, 0.25) is 0 Å². The second-order valence-electron chi connectivity index (χ2n) is 9.61. The van der Waals surface area contributed by atoms with Gasteiger partial charge < -0.3 is 4.74 Å². The molecule has 3 atom stereocenters. The molecule has 0 radical (unpaired) electrons. The van der Waals surface area contributed by atoms with Gasteiger partial charge in [-0.1, -0.05) is 0 Å². The first kappa shape index (κ1) is 24.9. The van der Waals surface area contributed by atoms with Crippen LogP contribution in [-0.2, 0) is 20.0 Å². The number of nitrogens with zero attached hydrogens (tertiary/aromatic N) is 3. The first-order chi connectivity index (χ1) is 14.4. The molecule has 7 nitrogen and oxygen atoms in total. The molecule has 1 unspecified atom stereocenters. The molecule has 32 heavy (non-hydrogen) atoms. The van der Waals surface area contributed by atoms with Crippen molar-refractivity contribution >= 4 is 37.6 Å². The Labute approximate surface area is 193 Å². The van der Waals surface area contributed by atoms with Crippen molar-refractivity contribution in [3.63, 3.8) is 0 Å². The summed E-state index contributed by atoms with van der Waals surface area (Å²) >= 11 is 3.16. The van der Waals surface area contributed by atoms with Crippen LogP contribution in [0.25, 0.3) is 0 Å². The first-order valence-electron chi connectivity index (χ1n) is 9.93. The third-order valence-electron chi connectivity index (χ3n) is 5.54. The summed E-state index contributed by atoms with van der Waals surface area (Å²) in [6.45, 7) is 8.47. The van der Waals surface area contributed by atoms with Crippen LogP contribution in [0.15, 0.2) is 26.1 Å². The maximum Gasteiger partial charge on any atom is 0.413 e. The lowest BCUT2D eigenvalue weighted by Crippen LogP contribution is -2.64. The largest absolute Gasteiger partial charge is 0.444 e. The molecule has 1 aromatic rings. The Morgan fingerprint density at radius 2 is 1.91 bits per heavy atom. The van der Waals surface area contributed by atoms with Crippen molar-refractivity contribution in [2.45, 2.75) is 75.0 Å². The average Bonchev–Trinajstić information content (AvgIpc) is 2.62. The van der Waals surface area contributed by atoms with E-state index in [-0.39, 0.29) is 16.1 Å². The molecule has 0 aliphatic carbocycles. The number of halogens is 4. The van der Waals surface area contributed by atoms with Crippen molar-refractivity contribution < 1.29 is 26.9 Å². The highest BCUT2D eigenvalue weighted by atomic mass is 79.9. The van der Waals surface area contributed by atoms with E-state index in [1.54, 1.807) is 20.8 Å². The third kappa shape index (κ3) is 4.27. The minimum absolute atomic E-state index is 0.0920. The molecule has 1 aromatic heterocycles. The predicted octanol–water partition coefficient (Wildman–Crippen LogP) is 4.79. The Morgan fingerprint density at radius 3 is 2.50 bits per heavy atom. The normalized spacial score (nSPS) is 31.1. The highest BCUT2D eigenvalue weighted by Crippen LogP contribution is 2.49.